The lowest BCUT2D eigenvalue weighted by molar-refractivity contribution is -0.150. The van der Waals surface area contributed by atoms with Crippen LogP contribution < -0.4 is 5.32 Å². The smallest absolute Gasteiger partial charge is 0.380 e. The number of aromatic nitrogens is 1. The molecule has 3 aliphatic rings. The number of carbonyl (C=O) groups is 3. The summed E-state index contributed by atoms with van der Waals surface area (Å²) in [6.07, 6.45) is 2.48. The molecule has 0 radical (unpaired) electrons. The lowest BCUT2D eigenvalue weighted by Crippen LogP contribution is -2.55. The average Bonchev–Trinajstić information content (AvgIpc) is 3.36. The molecule has 0 unspecified atom stereocenters. The van der Waals surface area contributed by atoms with Crippen molar-refractivity contribution in [2.45, 2.75) is 63.6 Å². The van der Waals surface area contributed by atoms with E-state index in [2.05, 4.69) is 10.3 Å². The third kappa shape index (κ3) is 5.66. The molecule has 198 valence electrons. The number of carbonyl (C=O) groups excluding carboxylic acids is 3. The van der Waals surface area contributed by atoms with Gasteiger partial charge in [0.2, 0.25) is 11.8 Å². The van der Waals surface area contributed by atoms with Crippen molar-refractivity contribution in [3.8, 4) is 0 Å². The maximum atomic E-state index is 13.9. The Morgan fingerprint density at radius 2 is 1.83 bits per heavy atom. The van der Waals surface area contributed by atoms with E-state index in [1.165, 1.54) is 4.90 Å². The van der Waals surface area contributed by atoms with Crippen molar-refractivity contribution >= 4 is 17.7 Å². The van der Waals surface area contributed by atoms with E-state index in [4.69, 9.17) is 4.74 Å². The van der Waals surface area contributed by atoms with Crippen molar-refractivity contribution in [2.75, 3.05) is 39.4 Å². The van der Waals surface area contributed by atoms with Crippen molar-refractivity contribution in [2.24, 2.45) is 5.41 Å². The zero-order chi connectivity index (χ0) is 25.8. The van der Waals surface area contributed by atoms with Crippen LogP contribution in [0.15, 0.2) is 18.5 Å². The van der Waals surface area contributed by atoms with Crippen LogP contribution in [0.4, 0.5) is 13.2 Å². The second kappa shape index (κ2) is 11.1. The maximum Gasteiger partial charge on any atom is 0.417 e. The molecule has 11 heteroatoms. The highest BCUT2D eigenvalue weighted by Crippen LogP contribution is 2.41. The van der Waals surface area contributed by atoms with E-state index in [1.807, 2.05) is 0 Å². The Labute approximate surface area is 208 Å². The van der Waals surface area contributed by atoms with Gasteiger partial charge < -0.3 is 19.9 Å². The van der Waals surface area contributed by atoms with Gasteiger partial charge in [0, 0.05) is 45.2 Å². The first-order valence-electron chi connectivity index (χ1n) is 12.7. The van der Waals surface area contributed by atoms with Crippen LogP contribution in [0, 0.1) is 5.41 Å². The second-order valence-electron chi connectivity index (χ2n) is 9.86. The summed E-state index contributed by atoms with van der Waals surface area (Å²) in [5, 5.41) is 2.87. The van der Waals surface area contributed by atoms with Crippen molar-refractivity contribution in [3.63, 3.8) is 0 Å². The molecule has 3 fully saturated rings. The normalized spacial score (nSPS) is 24.2. The number of hydrogen-bond acceptors (Lipinski definition) is 5. The van der Waals surface area contributed by atoms with Crippen LogP contribution in [-0.2, 0) is 20.5 Å². The van der Waals surface area contributed by atoms with E-state index in [-0.39, 0.29) is 24.9 Å². The van der Waals surface area contributed by atoms with Crippen LogP contribution in [-0.4, -0.2) is 77.9 Å². The van der Waals surface area contributed by atoms with Crippen LogP contribution in [0.2, 0.25) is 0 Å². The molecule has 0 bridgehead atoms. The Kier molecular flexibility index (Phi) is 8.17. The first-order valence-corrected chi connectivity index (χ1v) is 12.7. The summed E-state index contributed by atoms with van der Waals surface area (Å²) in [7, 11) is 0. The van der Waals surface area contributed by atoms with Crippen LogP contribution >= 0.6 is 0 Å². The molecular formula is C25H33F3N4O4. The van der Waals surface area contributed by atoms with E-state index in [1.54, 1.807) is 4.90 Å². The van der Waals surface area contributed by atoms with E-state index in [0.717, 1.165) is 44.1 Å². The Morgan fingerprint density at radius 1 is 1.06 bits per heavy atom. The second-order valence-corrected chi connectivity index (χ2v) is 9.86. The monoisotopic (exact) mass is 510 g/mol. The number of fused-ring (bicyclic) bond motifs is 1. The SMILES string of the molecule is O=C1NCCOCCCCCC2(CCN(C(=O)c3cnccc3C(F)(F)F)CC2)C(=O)N2CCC[C@@H]12. The van der Waals surface area contributed by atoms with E-state index < -0.39 is 34.7 Å². The fourth-order valence-corrected chi connectivity index (χ4v) is 5.59. The van der Waals surface area contributed by atoms with Gasteiger partial charge in [0.05, 0.1) is 23.1 Å². The summed E-state index contributed by atoms with van der Waals surface area (Å²) in [5.74, 6) is -0.979. The van der Waals surface area contributed by atoms with Gasteiger partial charge in [-0.15, -0.1) is 0 Å². The van der Waals surface area contributed by atoms with Gasteiger partial charge in [-0.25, -0.2) is 0 Å². The molecule has 4 rings (SSSR count). The van der Waals surface area contributed by atoms with Crippen LogP contribution in [0.1, 0.15) is 67.3 Å². The molecule has 3 aliphatic heterocycles. The minimum atomic E-state index is -4.67. The van der Waals surface area contributed by atoms with Crippen molar-refractivity contribution in [1.82, 2.24) is 20.1 Å². The Morgan fingerprint density at radius 3 is 2.58 bits per heavy atom. The average molecular weight is 511 g/mol. The number of rotatable bonds is 1. The van der Waals surface area contributed by atoms with Crippen molar-refractivity contribution < 1.29 is 32.3 Å². The highest BCUT2D eigenvalue weighted by molar-refractivity contribution is 5.96. The molecular weight excluding hydrogens is 477 g/mol. The summed E-state index contributed by atoms with van der Waals surface area (Å²) in [5.41, 5.74) is -2.23. The summed E-state index contributed by atoms with van der Waals surface area (Å²) < 4.78 is 45.9. The molecule has 3 saturated heterocycles. The number of nitrogens with one attached hydrogen (secondary N) is 1. The topological polar surface area (TPSA) is 91.8 Å². The van der Waals surface area contributed by atoms with Gasteiger partial charge in [-0.05, 0) is 44.6 Å². The lowest BCUT2D eigenvalue weighted by Gasteiger charge is -2.43. The molecule has 1 N–H and O–H groups in total. The van der Waals surface area contributed by atoms with Crippen LogP contribution in [0.3, 0.4) is 0 Å². The van der Waals surface area contributed by atoms with Gasteiger partial charge in [-0.2, -0.15) is 13.2 Å². The fraction of sp³-hybridized carbons (Fsp3) is 0.680. The van der Waals surface area contributed by atoms with Gasteiger partial charge >= 0.3 is 6.18 Å². The van der Waals surface area contributed by atoms with Crippen LogP contribution in [0.5, 0.6) is 0 Å². The third-order valence-electron chi connectivity index (χ3n) is 7.62. The molecule has 36 heavy (non-hydrogen) atoms. The molecule has 1 atom stereocenters. The van der Waals surface area contributed by atoms with Crippen LogP contribution in [0.25, 0.3) is 0 Å². The number of amides is 3. The number of alkyl halides is 3. The molecule has 0 aliphatic carbocycles. The molecule has 1 spiro atoms. The van der Waals surface area contributed by atoms with Gasteiger partial charge in [-0.3, -0.25) is 19.4 Å². The molecule has 1 aromatic rings. The molecule has 3 amide bonds. The third-order valence-corrected chi connectivity index (χ3v) is 7.62. The first-order chi connectivity index (χ1) is 17.2. The number of hydrogen-bond donors (Lipinski definition) is 1. The summed E-state index contributed by atoms with van der Waals surface area (Å²) in [4.78, 5) is 46.5. The van der Waals surface area contributed by atoms with Gasteiger partial charge in [0.15, 0.2) is 0 Å². The quantitative estimate of drug-likeness (QED) is 0.627. The molecule has 4 heterocycles. The Balaban J connectivity index is 1.52. The Hall–Kier alpha value is -2.69. The molecule has 0 saturated carbocycles. The maximum absolute atomic E-state index is 13.9. The van der Waals surface area contributed by atoms with Crippen molar-refractivity contribution in [1.29, 1.82) is 0 Å². The van der Waals surface area contributed by atoms with Gasteiger partial charge in [0.1, 0.15) is 6.04 Å². The molecule has 8 nitrogen and oxygen atoms in total. The highest BCUT2D eigenvalue weighted by Gasteiger charge is 2.48. The lowest BCUT2D eigenvalue weighted by atomic mass is 9.73. The summed E-state index contributed by atoms with van der Waals surface area (Å²) in [6.45, 7) is 2.26. The molecule has 0 aromatic carbocycles. The van der Waals surface area contributed by atoms with E-state index >= 15 is 0 Å². The summed E-state index contributed by atoms with van der Waals surface area (Å²) >= 11 is 0. The number of ether oxygens (including phenoxy) is 1. The summed E-state index contributed by atoms with van der Waals surface area (Å²) in [6, 6.07) is 0.281. The number of pyridine rings is 1. The standard InChI is InChI=1S/C25H33F3N4O4/c26-25(27,28)19-6-10-29-17-18(19)22(34)31-13-8-24(9-14-31)7-2-1-3-15-36-16-11-30-21(33)20-5-4-12-32(20)23(24)35/h6,10,17,20H,1-5,7-9,11-16H2,(H,30,33)/t20-/m0/s1. The van der Waals surface area contributed by atoms with Gasteiger partial charge in [-0.1, -0.05) is 12.8 Å². The van der Waals surface area contributed by atoms with Crippen molar-refractivity contribution in [3.05, 3.63) is 29.6 Å². The zero-order valence-electron chi connectivity index (χ0n) is 20.3. The van der Waals surface area contributed by atoms with E-state index in [0.29, 0.717) is 52.0 Å². The highest BCUT2D eigenvalue weighted by atomic mass is 19.4. The number of nitrogens with zero attached hydrogens (tertiary/aromatic N) is 3. The minimum absolute atomic E-state index is 0.0714. The zero-order valence-corrected chi connectivity index (χ0v) is 20.3. The minimum Gasteiger partial charge on any atom is -0.380 e. The largest absolute Gasteiger partial charge is 0.417 e. The number of halogens is 3. The van der Waals surface area contributed by atoms with Gasteiger partial charge in [0.25, 0.3) is 5.91 Å². The Bertz CT molecular complexity index is 963. The number of piperidine rings is 1. The molecule has 1 aromatic heterocycles. The van der Waals surface area contributed by atoms with E-state index in [9.17, 15) is 27.6 Å². The number of likely N-dealkylation sites (tertiary alicyclic amines) is 1. The predicted octanol–water partition coefficient (Wildman–Crippen LogP) is 3.02. The fourth-order valence-electron chi connectivity index (χ4n) is 5.59. The predicted molar refractivity (Wildman–Crippen MR) is 124 cm³/mol. The first kappa shape index (κ1) is 26.4.